The van der Waals surface area contributed by atoms with Crippen LogP contribution in [-0.4, -0.2) is 29.8 Å². The second kappa shape index (κ2) is 10.5. The van der Waals surface area contributed by atoms with Gasteiger partial charge in [-0.15, -0.1) is 5.11 Å². The highest BCUT2D eigenvalue weighted by atomic mass is 19.1. The molecule has 0 saturated heterocycles. The van der Waals surface area contributed by atoms with Crippen LogP contribution in [0.5, 0.6) is 0 Å². The maximum absolute atomic E-state index is 12.8. The second-order valence-electron chi connectivity index (χ2n) is 5.65. The minimum atomic E-state index is -0.786. The molecule has 0 spiro atoms. The summed E-state index contributed by atoms with van der Waals surface area (Å²) >= 11 is 0. The number of halogens is 1. The van der Waals surface area contributed by atoms with E-state index >= 15 is 0 Å². The minimum Gasteiger partial charge on any atom is -0.510 e. The molecule has 2 aromatic carbocycles. The van der Waals surface area contributed by atoms with Crippen LogP contribution < -0.4 is 5.43 Å². The Morgan fingerprint density at radius 1 is 1.14 bits per heavy atom. The highest BCUT2D eigenvalue weighted by molar-refractivity contribution is 5.95. The number of rotatable bonds is 7. The van der Waals surface area contributed by atoms with Crippen LogP contribution >= 0.6 is 0 Å². The van der Waals surface area contributed by atoms with Crippen LogP contribution in [0.25, 0.3) is 0 Å². The summed E-state index contributed by atoms with van der Waals surface area (Å²) in [6, 6.07) is 11.6. The number of aliphatic hydroxyl groups is 1. The Morgan fingerprint density at radius 3 is 2.38 bits per heavy atom. The van der Waals surface area contributed by atoms with Crippen molar-refractivity contribution < 1.29 is 23.8 Å². The Balaban J connectivity index is 2.00. The first-order chi connectivity index (χ1) is 13.9. The molecule has 2 N–H and O–H groups in total. The Labute approximate surface area is 166 Å². The Morgan fingerprint density at radius 2 is 1.79 bits per heavy atom. The number of nitrogens with zero attached hydrogens (tertiary/aromatic N) is 3. The third kappa shape index (κ3) is 6.65. The van der Waals surface area contributed by atoms with Gasteiger partial charge in [-0.1, -0.05) is 12.1 Å². The van der Waals surface area contributed by atoms with E-state index in [1.165, 1.54) is 61.7 Å². The number of carbonyl (C=O) groups excluding carboxylic acids is 2. The molecular weight excluding hydrogens is 379 g/mol. The molecule has 0 unspecified atom stereocenters. The number of amides is 1. The molecular formula is C20H19FN4O4. The van der Waals surface area contributed by atoms with Gasteiger partial charge < -0.3 is 9.84 Å². The number of aliphatic hydroxyl groups excluding tert-OH is 1. The van der Waals surface area contributed by atoms with Gasteiger partial charge in [-0.2, -0.15) is 10.2 Å². The molecule has 0 heterocycles. The number of esters is 1. The smallest absolute Gasteiger partial charge is 0.362 e. The fourth-order valence-electron chi connectivity index (χ4n) is 2.03. The van der Waals surface area contributed by atoms with Crippen LogP contribution in [0, 0.1) is 5.82 Å². The molecule has 0 aliphatic carbocycles. The molecule has 1 amide bonds. The predicted molar refractivity (Wildman–Crippen MR) is 104 cm³/mol. The zero-order valence-corrected chi connectivity index (χ0v) is 15.8. The number of nitrogens with one attached hydrogen (secondary N) is 1. The molecule has 9 heteroatoms. The van der Waals surface area contributed by atoms with Gasteiger partial charge in [-0.05, 0) is 55.8 Å². The zero-order valence-electron chi connectivity index (χ0n) is 15.8. The number of hydrogen-bond donors (Lipinski definition) is 2. The van der Waals surface area contributed by atoms with E-state index in [2.05, 4.69) is 20.8 Å². The Kier molecular flexibility index (Phi) is 7.72. The first-order valence-corrected chi connectivity index (χ1v) is 8.58. The number of hydrazone groups is 1. The quantitative estimate of drug-likeness (QED) is 0.183. The summed E-state index contributed by atoms with van der Waals surface area (Å²) in [5, 5.41) is 20.9. The first-order valence-electron chi connectivity index (χ1n) is 8.58. The van der Waals surface area contributed by atoms with Crippen LogP contribution in [0.4, 0.5) is 10.1 Å². The lowest BCUT2D eigenvalue weighted by molar-refractivity contribution is -0.138. The van der Waals surface area contributed by atoms with E-state index < -0.39 is 11.9 Å². The number of benzene rings is 2. The molecule has 2 rings (SSSR count). The molecule has 0 atom stereocenters. The van der Waals surface area contributed by atoms with Crippen molar-refractivity contribution in [2.45, 2.75) is 13.8 Å². The number of ether oxygens (including phenoxy) is 1. The Bertz CT molecular complexity index is 947. The van der Waals surface area contributed by atoms with Gasteiger partial charge in [0.1, 0.15) is 11.6 Å². The van der Waals surface area contributed by atoms with Crippen molar-refractivity contribution in [1.29, 1.82) is 0 Å². The van der Waals surface area contributed by atoms with Crippen LogP contribution in [-0.2, 0) is 9.53 Å². The van der Waals surface area contributed by atoms with Gasteiger partial charge in [0.15, 0.2) is 0 Å². The van der Waals surface area contributed by atoms with Crippen LogP contribution in [0.1, 0.15) is 29.8 Å². The fraction of sp³-hybridized carbons (Fsp3) is 0.150. The number of azo groups is 1. The van der Waals surface area contributed by atoms with Crippen LogP contribution in [0.2, 0.25) is 0 Å². The lowest BCUT2D eigenvalue weighted by atomic mass is 10.2. The molecule has 0 radical (unpaired) electrons. The summed E-state index contributed by atoms with van der Waals surface area (Å²) in [6.45, 7) is 3.07. The molecule has 150 valence electrons. The molecule has 0 aliphatic heterocycles. The molecule has 0 aromatic heterocycles. The summed E-state index contributed by atoms with van der Waals surface area (Å²) in [5.74, 6) is -1.92. The lowest BCUT2D eigenvalue weighted by Gasteiger charge is -2.02. The number of allylic oxidation sites excluding steroid dienone is 1. The average molecular weight is 398 g/mol. The normalized spacial score (nSPS) is 12.1. The molecule has 29 heavy (non-hydrogen) atoms. The fourth-order valence-corrected chi connectivity index (χ4v) is 2.03. The van der Waals surface area contributed by atoms with Gasteiger partial charge in [0.05, 0.1) is 18.5 Å². The maximum Gasteiger partial charge on any atom is 0.362 e. The van der Waals surface area contributed by atoms with Crippen molar-refractivity contribution in [3.63, 3.8) is 0 Å². The summed E-state index contributed by atoms with van der Waals surface area (Å²) in [5.41, 5.74) is 3.37. The molecule has 2 aromatic rings. The number of hydrogen-bond acceptors (Lipinski definition) is 7. The monoisotopic (exact) mass is 398 g/mol. The van der Waals surface area contributed by atoms with Crippen molar-refractivity contribution in [1.82, 2.24) is 5.43 Å². The maximum atomic E-state index is 12.8. The van der Waals surface area contributed by atoms with Gasteiger partial charge in [-0.25, -0.2) is 14.6 Å². The Hall–Kier alpha value is -3.88. The topological polar surface area (TPSA) is 113 Å². The minimum absolute atomic E-state index is 0.137. The highest BCUT2D eigenvalue weighted by Gasteiger charge is 2.14. The van der Waals surface area contributed by atoms with Gasteiger partial charge >= 0.3 is 5.97 Å². The summed E-state index contributed by atoms with van der Waals surface area (Å²) in [7, 11) is 0. The van der Waals surface area contributed by atoms with E-state index in [9.17, 15) is 19.1 Å². The third-order valence-electron chi connectivity index (χ3n) is 3.46. The largest absolute Gasteiger partial charge is 0.510 e. The van der Waals surface area contributed by atoms with Crippen molar-refractivity contribution in [2.75, 3.05) is 6.61 Å². The molecule has 0 bridgehead atoms. The van der Waals surface area contributed by atoms with Gasteiger partial charge in [0, 0.05) is 5.56 Å². The van der Waals surface area contributed by atoms with Crippen molar-refractivity contribution in [3.8, 4) is 0 Å². The van der Waals surface area contributed by atoms with E-state index in [4.69, 9.17) is 4.74 Å². The van der Waals surface area contributed by atoms with E-state index in [1.54, 1.807) is 6.92 Å². The standard InChI is InChI=1S/C20H19FN4O4/c1-3-29-20(28)18(13(2)26)24-23-17-10-6-15(7-11-17)19(27)25-22-12-14-4-8-16(21)9-5-14/h4-12,26H,3H2,1-2H3,(H,25,27)/b18-13-,22-12+,24-23?. The van der Waals surface area contributed by atoms with Crippen LogP contribution in [0.3, 0.4) is 0 Å². The first kappa shape index (κ1) is 21.4. The zero-order chi connectivity index (χ0) is 21.2. The van der Waals surface area contributed by atoms with E-state index in [0.717, 1.165) is 0 Å². The summed E-state index contributed by atoms with van der Waals surface area (Å²) < 4.78 is 17.6. The predicted octanol–water partition coefficient (Wildman–Crippen LogP) is 4.03. The molecule has 0 fully saturated rings. The number of carbonyl (C=O) groups is 2. The van der Waals surface area contributed by atoms with E-state index in [1.807, 2.05) is 0 Å². The van der Waals surface area contributed by atoms with E-state index in [0.29, 0.717) is 16.8 Å². The van der Waals surface area contributed by atoms with Gasteiger partial charge in [-0.3, -0.25) is 4.79 Å². The van der Waals surface area contributed by atoms with Gasteiger partial charge in [0.25, 0.3) is 5.91 Å². The van der Waals surface area contributed by atoms with Crippen molar-refractivity contribution >= 4 is 23.8 Å². The molecule has 8 nitrogen and oxygen atoms in total. The lowest BCUT2D eigenvalue weighted by Crippen LogP contribution is -2.17. The summed E-state index contributed by atoms with van der Waals surface area (Å²) in [6.07, 6.45) is 1.39. The molecule has 0 aliphatic rings. The average Bonchev–Trinajstić information content (AvgIpc) is 2.70. The van der Waals surface area contributed by atoms with Crippen molar-refractivity contribution in [2.24, 2.45) is 15.3 Å². The highest BCUT2D eigenvalue weighted by Crippen LogP contribution is 2.16. The van der Waals surface area contributed by atoms with Crippen molar-refractivity contribution in [3.05, 3.63) is 76.9 Å². The second-order valence-corrected chi connectivity index (χ2v) is 5.65. The van der Waals surface area contributed by atoms with Gasteiger partial charge in [0.2, 0.25) is 5.70 Å². The van der Waals surface area contributed by atoms with E-state index in [-0.39, 0.29) is 23.9 Å². The summed E-state index contributed by atoms with van der Waals surface area (Å²) in [4.78, 5) is 23.8. The van der Waals surface area contributed by atoms with Crippen LogP contribution in [0.15, 0.2) is 75.3 Å². The third-order valence-corrected chi connectivity index (χ3v) is 3.46. The molecule has 0 saturated carbocycles. The SMILES string of the molecule is CCOC(=O)/C(N=Nc1ccc(C(=O)N/N=C/c2ccc(F)cc2)cc1)=C(\C)O.